The monoisotopic (exact) mass is 420 g/mol. The number of thiophene rings is 1. The number of rotatable bonds is 5. The molecule has 25 heavy (non-hydrogen) atoms. The second-order valence-corrected chi connectivity index (χ2v) is 8.66. The Morgan fingerprint density at radius 2 is 2.12 bits per heavy atom. The number of piperazine rings is 1. The predicted molar refractivity (Wildman–Crippen MR) is 109 cm³/mol. The summed E-state index contributed by atoms with van der Waals surface area (Å²) in [6.45, 7) is 11.4. The van der Waals surface area contributed by atoms with Crippen LogP contribution in [0.5, 0.6) is 5.75 Å². The molecule has 1 aromatic heterocycles. The van der Waals surface area contributed by atoms with E-state index in [1.54, 1.807) is 17.4 Å². The van der Waals surface area contributed by atoms with Crippen molar-refractivity contribution in [3.05, 3.63) is 63.3 Å². The predicted octanol–water partition coefficient (Wildman–Crippen LogP) is 4.89. The Hall–Kier alpha value is -1.14. The smallest absolute Gasteiger partial charge is 0.115 e. The molecular weight excluding hydrogens is 396 g/mol. The SMILES string of the molecule is C=CCN1C[C@@H](C)N(C(c2cccc(O)c2)c2cc(Br)cs2)C[C@H]1C. The average molecular weight is 421 g/mol. The van der Waals surface area contributed by atoms with Crippen molar-refractivity contribution in [2.45, 2.75) is 32.0 Å². The van der Waals surface area contributed by atoms with Crippen LogP contribution in [0, 0.1) is 0 Å². The number of nitrogens with zero attached hydrogens (tertiary/aromatic N) is 2. The van der Waals surface area contributed by atoms with Crippen LogP contribution < -0.4 is 0 Å². The topological polar surface area (TPSA) is 26.7 Å². The highest BCUT2D eigenvalue weighted by Gasteiger charge is 2.35. The van der Waals surface area contributed by atoms with Crippen LogP contribution in [0.2, 0.25) is 0 Å². The molecule has 0 bridgehead atoms. The number of phenols is 1. The first-order valence-electron chi connectivity index (χ1n) is 8.63. The average Bonchev–Trinajstić information content (AvgIpc) is 2.98. The fourth-order valence-electron chi connectivity index (χ4n) is 3.69. The molecular formula is C20H25BrN2OS. The molecule has 1 aromatic carbocycles. The zero-order valence-corrected chi connectivity index (χ0v) is 17.1. The van der Waals surface area contributed by atoms with E-state index >= 15 is 0 Å². The minimum absolute atomic E-state index is 0.159. The fraction of sp³-hybridized carbons (Fsp3) is 0.400. The number of halogens is 1. The molecule has 0 amide bonds. The van der Waals surface area contributed by atoms with Crippen LogP contribution in [0.25, 0.3) is 0 Å². The van der Waals surface area contributed by atoms with Crippen LogP contribution in [0.1, 0.15) is 30.3 Å². The molecule has 1 N–H and O–H groups in total. The van der Waals surface area contributed by atoms with Crippen LogP contribution in [0.15, 0.2) is 52.8 Å². The molecule has 1 aliphatic heterocycles. The van der Waals surface area contributed by atoms with Crippen LogP contribution >= 0.6 is 27.3 Å². The summed E-state index contributed by atoms with van der Waals surface area (Å²) in [7, 11) is 0. The van der Waals surface area contributed by atoms with Crippen LogP contribution in [-0.4, -0.2) is 46.6 Å². The molecule has 3 atom stereocenters. The summed E-state index contributed by atoms with van der Waals surface area (Å²) in [6.07, 6.45) is 1.99. The summed E-state index contributed by atoms with van der Waals surface area (Å²) in [4.78, 5) is 6.35. The molecule has 2 aromatic rings. The van der Waals surface area contributed by atoms with Crippen molar-refractivity contribution in [1.29, 1.82) is 0 Å². The van der Waals surface area contributed by atoms with E-state index < -0.39 is 0 Å². The third-order valence-electron chi connectivity index (χ3n) is 4.90. The Morgan fingerprint density at radius 1 is 1.32 bits per heavy atom. The van der Waals surface area contributed by atoms with Crippen molar-refractivity contribution in [3.8, 4) is 5.75 Å². The second-order valence-electron chi connectivity index (χ2n) is 6.80. The quantitative estimate of drug-likeness (QED) is 0.697. The van der Waals surface area contributed by atoms with Crippen molar-refractivity contribution in [1.82, 2.24) is 9.80 Å². The molecule has 1 aliphatic rings. The standard InChI is InChI=1S/C20H25BrN2OS/c1-4-8-22-11-15(3)23(12-14(22)2)20(19-10-17(21)13-25-19)16-6-5-7-18(24)9-16/h4-7,9-10,13-15,20,24H,1,8,11-12H2,2-3H3/t14-,15-,20?/m1/s1. The van der Waals surface area contributed by atoms with Crippen molar-refractivity contribution >= 4 is 27.3 Å². The lowest BCUT2D eigenvalue weighted by Gasteiger charge is -2.47. The molecule has 1 unspecified atom stereocenters. The van der Waals surface area contributed by atoms with Gasteiger partial charge in [0.2, 0.25) is 0 Å². The van der Waals surface area contributed by atoms with Crippen molar-refractivity contribution in [3.63, 3.8) is 0 Å². The zero-order chi connectivity index (χ0) is 18.0. The van der Waals surface area contributed by atoms with E-state index in [0.29, 0.717) is 17.8 Å². The molecule has 0 spiro atoms. The van der Waals surface area contributed by atoms with Gasteiger partial charge in [-0.3, -0.25) is 9.80 Å². The molecule has 2 heterocycles. The number of phenolic OH excluding ortho intramolecular Hbond substituents is 1. The molecule has 0 saturated carbocycles. The molecule has 3 rings (SSSR count). The highest BCUT2D eigenvalue weighted by atomic mass is 79.9. The molecule has 0 radical (unpaired) electrons. The van der Waals surface area contributed by atoms with Gasteiger partial charge in [0.05, 0.1) is 6.04 Å². The first-order valence-corrected chi connectivity index (χ1v) is 10.3. The maximum absolute atomic E-state index is 10.00. The van der Waals surface area contributed by atoms with Gasteiger partial charge in [-0.1, -0.05) is 18.2 Å². The highest BCUT2D eigenvalue weighted by molar-refractivity contribution is 9.10. The van der Waals surface area contributed by atoms with E-state index in [0.717, 1.165) is 29.7 Å². The maximum atomic E-state index is 10.00. The summed E-state index contributed by atoms with van der Waals surface area (Å²) < 4.78 is 1.11. The lowest BCUT2D eigenvalue weighted by molar-refractivity contribution is 0.0315. The van der Waals surface area contributed by atoms with Gasteiger partial charge < -0.3 is 5.11 Å². The highest BCUT2D eigenvalue weighted by Crippen LogP contribution is 2.38. The summed E-state index contributed by atoms with van der Waals surface area (Å²) in [6, 6.07) is 10.9. The van der Waals surface area contributed by atoms with Gasteiger partial charge in [0.25, 0.3) is 0 Å². The van der Waals surface area contributed by atoms with Crippen molar-refractivity contribution in [2.24, 2.45) is 0 Å². The largest absolute Gasteiger partial charge is 0.508 e. The molecule has 1 saturated heterocycles. The number of aromatic hydroxyl groups is 1. The Bertz CT molecular complexity index is 732. The minimum atomic E-state index is 0.159. The molecule has 1 fully saturated rings. The second kappa shape index (κ2) is 8.04. The van der Waals surface area contributed by atoms with E-state index in [1.807, 2.05) is 18.2 Å². The Kier molecular flexibility index (Phi) is 6.00. The Labute approximate surface area is 162 Å². The van der Waals surface area contributed by atoms with Gasteiger partial charge in [-0.2, -0.15) is 0 Å². The summed E-state index contributed by atoms with van der Waals surface area (Å²) >= 11 is 5.36. The van der Waals surface area contributed by atoms with Crippen LogP contribution in [0.4, 0.5) is 0 Å². The summed E-state index contributed by atoms with van der Waals surface area (Å²) in [5.41, 5.74) is 1.14. The van der Waals surface area contributed by atoms with Crippen LogP contribution in [-0.2, 0) is 0 Å². The van der Waals surface area contributed by atoms with Gasteiger partial charge >= 0.3 is 0 Å². The first kappa shape index (κ1) is 18.6. The molecule has 134 valence electrons. The van der Waals surface area contributed by atoms with Crippen LogP contribution in [0.3, 0.4) is 0 Å². The van der Waals surface area contributed by atoms with E-state index in [1.165, 1.54) is 4.88 Å². The minimum Gasteiger partial charge on any atom is -0.508 e. The van der Waals surface area contributed by atoms with Gasteiger partial charge in [0.15, 0.2) is 0 Å². The van der Waals surface area contributed by atoms with Crippen molar-refractivity contribution in [2.75, 3.05) is 19.6 Å². The van der Waals surface area contributed by atoms with E-state index in [-0.39, 0.29) is 6.04 Å². The fourth-order valence-corrected chi connectivity index (χ4v) is 5.28. The Balaban J connectivity index is 1.96. The lowest BCUT2D eigenvalue weighted by Crippen LogP contribution is -2.57. The normalized spacial score (nSPS) is 23.5. The molecule has 3 nitrogen and oxygen atoms in total. The van der Waals surface area contributed by atoms with Gasteiger partial charge in [-0.25, -0.2) is 0 Å². The lowest BCUT2D eigenvalue weighted by atomic mass is 9.98. The number of hydrogen-bond donors (Lipinski definition) is 1. The van der Waals surface area contributed by atoms with Crippen molar-refractivity contribution < 1.29 is 5.11 Å². The summed E-state index contributed by atoms with van der Waals surface area (Å²) in [5.74, 6) is 0.323. The third kappa shape index (κ3) is 4.17. The molecule has 5 heteroatoms. The van der Waals surface area contributed by atoms with Gasteiger partial charge in [0, 0.05) is 46.4 Å². The van der Waals surface area contributed by atoms with Gasteiger partial charge in [0.1, 0.15) is 5.75 Å². The molecule has 0 aliphatic carbocycles. The number of hydrogen-bond acceptors (Lipinski definition) is 4. The van der Waals surface area contributed by atoms with E-state index in [4.69, 9.17) is 0 Å². The van der Waals surface area contributed by atoms with Gasteiger partial charge in [-0.05, 0) is 53.5 Å². The number of benzene rings is 1. The first-order chi connectivity index (χ1) is 12.0. The van der Waals surface area contributed by atoms with E-state index in [2.05, 4.69) is 63.7 Å². The maximum Gasteiger partial charge on any atom is 0.115 e. The zero-order valence-electron chi connectivity index (χ0n) is 14.7. The van der Waals surface area contributed by atoms with Gasteiger partial charge in [-0.15, -0.1) is 17.9 Å². The summed E-state index contributed by atoms with van der Waals surface area (Å²) in [5, 5.41) is 12.1. The van der Waals surface area contributed by atoms with E-state index in [9.17, 15) is 5.11 Å². The third-order valence-corrected chi connectivity index (χ3v) is 6.65. The Morgan fingerprint density at radius 3 is 2.76 bits per heavy atom.